The largest absolute Gasteiger partial charge is 0.322 e. The van der Waals surface area contributed by atoms with E-state index in [0.717, 1.165) is 28.1 Å². The standard InChI is InChI=1S/C30H31Cl2N5O2/c1-19(2)17-36(30(39)33-24-15-10-14-23(31)28(24)32)18-26(38)34-29-27(22-12-6-5-7-13-22)21(4)35-37(29)25-16-9-8-11-20(25)3/h5-16,19H,17-18H2,1-4H3,(H,33,39)(H,34,38). The van der Waals surface area contributed by atoms with Gasteiger partial charge in [0.25, 0.3) is 0 Å². The summed E-state index contributed by atoms with van der Waals surface area (Å²) in [6.45, 7) is 8.06. The fraction of sp³-hybridized carbons (Fsp3) is 0.233. The fourth-order valence-corrected chi connectivity index (χ4v) is 4.72. The molecule has 0 radical (unpaired) electrons. The van der Waals surface area contributed by atoms with E-state index >= 15 is 0 Å². The van der Waals surface area contributed by atoms with Crippen molar-refractivity contribution in [1.29, 1.82) is 0 Å². The predicted octanol–water partition coefficient (Wildman–Crippen LogP) is 7.59. The quantitative estimate of drug-likeness (QED) is 0.231. The van der Waals surface area contributed by atoms with Gasteiger partial charge in [-0.3, -0.25) is 4.79 Å². The van der Waals surface area contributed by atoms with Crippen molar-refractivity contribution in [3.8, 4) is 16.8 Å². The van der Waals surface area contributed by atoms with E-state index in [2.05, 4.69) is 10.6 Å². The molecule has 1 heterocycles. The van der Waals surface area contributed by atoms with Gasteiger partial charge in [-0.1, -0.05) is 91.6 Å². The summed E-state index contributed by atoms with van der Waals surface area (Å²) < 4.78 is 1.75. The lowest BCUT2D eigenvalue weighted by Gasteiger charge is -2.25. The molecule has 0 unspecified atom stereocenters. The topological polar surface area (TPSA) is 79.3 Å². The van der Waals surface area contributed by atoms with Crippen LogP contribution < -0.4 is 10.6 Å². The summed E-state index contributed by atoms with van der Waals surface area (Å²) in [5.41, 5.74) is 4.75. The molecule has 1 aromatic heterocycles. The van der Waals surface area contributed by atoms with Gasteiger partial charge in [0.2, 0.25) is 5.91 Å². The molecule has 3 aromatic carbocycles. The van der Waals surface area contributed by atoms with E-state index in [1.165, 1.54) is 4.90 Å². The van der Waals surface area contributed by atoms with Gasteiger partial charge in [0.15, 0.2) is 0 Å². The van der Waals surface area contributed by atoms with Crippen LogP contribution in [0.4, 0.5) is 16.3 Å². The van der Waals surface area contributed by atoms with Gasteiger partial charge in [-0.25, -0.2) is 9.48 Å². The zero-order chi connectivity index (χ0) is 28.1. The molecule has 0 saturated heterocycles. The third-order valence-electron chi connectivity index (χ3n) is 6.12. The number of aryl methyl sites for hydroxylation is 2. The van der Waals surface area contributed by atoms with Crippen molar-refractivity contribution < 1.29 is 9.59 Å². The molecule has 0 aliphatic rings. The van der Waals surface area contributed by atoms with Gasteiger partial charge >= 0.3 is 6.03 Å². The van der Waals surface area contributed by atoms with Crippen molar-refractivity contribution in [2.45, 2.75) is 27.7 Å². The molecule has 0 bridgehead atoms. The Hall–Kier alpha value is -3.81. The van der Waals surface area contributed by atoms with Crippen molar-refractivity contribution >= 4 is 46.6 Å². The SMILES string of the molecule is Cc1ccccc1-n1nc(C)c(-c2ccccc2)c1NC(=O)CN(CC(C)C)C(=O)Nc1cccc(Cl)c1Cl. The van der Waals surface area contributed by atoms with E-state index in [9.17, 15) is 9.59 Å². The first-order valence-corrected chi connectivity index (χ1v) is 13.4. The molecular formula is C30H31Cl2N5O2. The zero-order valence-corrected chi connectivity index (χ0v) is 23.8. The number of carbonyl (C=O) groups excluding carboxylic acids is 2. The first-order chi connectivity index (χ1) is 18.7. The first-order valence-electron chi connectivity index (χ1n) is 12.7. The van der Waals surface area contributed by atoms with Crippen molar-refractivity contribution in [3.63, 3.8) is 0 Å². The normalized spacial score (nSPS) is 10.9. The minimum absolute atomic E-state index is 0.123. The van der Waals surface area contributed by atoms with E-state index in [-0.39, 0.29) is 23.4 Å². The average molecular weight is 565 g/mol. The smallest absolute Gasteiger partial charge is 0.315 e. The minimum atomic E-state index is -0.449. The maximum Gasteiger partial charge on any atom is 0.322 e. The summed E-state index contributed by atoms with van der Waals surface area (Å²) in [5.74, 6) is 0.314. The maximum absolute atomic E-state index is 13.5. The summed E-state index contributed by atoms with van der Waals surface area (Å²) in [4.78, 5) is 28.2. The number of urea groups is 1. The Morgan fingerprint density at radius 3 is 2.31 bits per heavy atom. The van der Waals surface area contributed by atoms with Crippen LogP contribution in [0.15, 0.2) is 72.8 Å². The molecular weight excluding hydrogens is 533 g/mol. The third kappa shape index (κ3) is 6.61. The Morgan fingerprint density at radius 1 is 0.923 bits per heavy atom. The Labute approximate surface area is 238 Å². The summed E-state index contributed by atoms with van der Waals surface area (Å²) >= 11 is 12.4. The molecule has 2 N–H and O–H groups in total. The van der Waals surface area contributed by atoms with Crippen LogP contribution in [0.3, 0.4) is 0 Å². The summed E-state index contributed by atoms with van der Waals surface area (Å²) in [6, 6.07) is 22.2. The molecule has 0 atom stereocenters. The van der Waals surface area contributed by atoms with Gasteiger partial charge < -0.3 is 15.5 Å². The lowest BCUT2D eigenvalue weighted by atomic mass is 10.1. The monoisotopic (exact) mass is 563 g/mol. The number of benzene rings is 3. The van der Waals surface area contributed by atoms with Crippen LogP contribution in [0.25, 0.3) is 16.8 Å². The lowest BCUT2D eigenvalue weighted by molar-refractivity contribution is -0.116. The molecule has 0 fully saturated rings. The Kier molecular flexibility index (Phi) is 8.94. The van der Waals surface area contributed by atoms with Crippen LogP contribution in [0.2, 0.25) is 10.0 Å². The number of hydrogen-bond donors (Lipinski definition) is 2. The Morgan fingerprint density at radius 2 is 1.62 bits per heavy atom. The molecule has 3 amide bonds. The van der Waals surface area contributed by atoms with Crippen LogP contribution in [0.5, 0.6) is 0 Å². The Balaban J connectivity index is 1.66. The van der Waals surface area contributed by atoms with Gasteiger partial charge in [0, 0.05) is 12.1 Å². The van der Waals surface area contributed by atoms with Crippen LogP contribution >= 0.6 is 23.2 Å². The molecule has 202 valence electrons. The third-order valence-corrected chi connectivity index (χ3v) is 6.94. The highest BCUT2D eigenvalue weighted by Crippen LogP contribution is 2.34. The van der Waals surface area contributed by atoms with E-state index in [0.29, 0.717) is 23.1 Å². The van der Waals surface area contributed by atoms with Gasteiger partial charge in [-0.15, -0.1) is 0 Å². The molecule has 0 spiro atoms. The molecule has 0 aliphatic heterocycles. The molecule has 4 aromatic rings. The van der Waals surface area contributed by atoms with E-state index in [4.69, 9.17) is 28.3 Å². The second-order valence-electron chi connectivity index (χ2n) is 9.73. The van der Waals surface area contributed by atoms with Crippen LogP contribution in [-0.2, 0) is 4.79 Å². The predicted molar refractivity (Wildman–Crippen MR) is 159 cm³/mol. The van der Waals surface area contributed by atoms with Gasteiger partial charge in [-0.05, 0) is 49.1 Å². The van der Waals surface area contributed by atoms with Crippen LogP contribution in [-0.4, -0.2) is 39.7 Å². The summed E-state index contributed by atoms with van der Waals surface area (Å²) in [7, 11) is 0. The number of nitrogens with one attached hydrogen (secondary N) is 2. The number of rotatable bonds is 8. The van der Waals surface area contributed by atoms with Crippen molar-refractivity contribution in [3.05, 3.63) is 94.1 Å². The lowest BCUT2D eigenvalue weighted by Crippen LogP contribution is -2.42. The molecule has 7 nitrogen and oxygen atoms in total. The van der Waals surface area contributed by atoms with Crippen molar-refractivity contribution in [2.24, 2.45) is 5.92 Å². The van der Waals surface area contributed by atoms with E-state index < -0.39 is 6.03 Å². The number of aromatic nitrogens is 2. The average Bonchev–Trinajstić information content (AvgIpc) is 3.21. The van der Waals surface area contributed by atoms with Crippen LogP contribution in [0, 0.1) is 19.8 Å². The Bertz CT molecular complexity index is 1480. The number of para-hydroxylation sites is 1. The second-order valence-corrected chi connectivity index (χ2v) is 10.5. The zero-order valence-electron chi connectivity index (χ0n) is 22.3. The highest BCUT2D eigenvalue weighted by molar-refractivity contribution is 6.44. The summed E-state index contributed by atoms with van der Waals surface area (Å²) in [5, 5.41) is 11.2. The van der Waals surface area contributed by atoms with Crippen molar-refractivity contribution in [2.75, 3.05) is 23.7 Å². The number of amides is 3. The molecule has 4 rings (SSSR count). The second kappa shape index (κ2) is 12.4. The summed E-state index contributed by atoms with van der Waals surface area (Å²) in [6.07, 6.45) is 0. The van der Waals surface area contributed by atoms with Gasteiger partial charge in [0.1, 0.15) is 12.4 Å². The van der Waals surface area contributed by atoms with Gasteiger partial charge in [-0.2, -0.15) is 5.10 Å². The van der Waals surface area contributed by atoms with E-state index in [1.807, 2.05) is 82.3 Å². The highest BCUT2D eigenvalue weighted by Gasteiger charge is 2.24. The number of nitrogens with zero attached hydrogens (tertiary/aromatic N) is 3. The number of carbonyl (C=O) groups is 2. The number of anilines is 2. The fourth-order valence-electron chi connectivity index (χ4n) is 4.37. The number of halogens is 2. The molecule has 0 saturated carbocycles. The van der Waals surface area contributed by atoms with Crippen LogP contribution in [0.1, 0.15) is 25.1 Å². The molecule has 0 aliphatic carbocycles. The highest BCUT2D eigenvalue weighted by atomic mass is 35.5. The molecule has 39 heavy (non-hydrogen) atoms. The van der Waals surface area contributed by atoms with Crippen molar-refractivity contribution in [1.82, 2.24) is 14.7 Å². The van der Waals surface area contributed by atoms with E-state index in [1.54, 1.807) is 22.9 Å². The number of hydrogen-bond acceptors (Lipinski definition) is 3. The maximum atomic E-state index is 13.5. The minimum Gasteiger partial charge on any atom is -0.315 e. The van der Waals surface area contributed by atoms with Gasteiger partial charge in [0.05, 0.1) is 27.1 Å². The first kappa shape index (κ1) is 28.2. The molecule has 9 heteroatoms.